The molecular formula is C8H9O2. The van der Waals surface area contributed by atoms with Crippen LogP contribution in [0.5, 0.6) is 0 Å². The van der Waals surface area contributed by atoms with Crippen LogP contribution in [0.2, 0.25) is 0 Å². The van der Waals surface area contributed by atoms with E-state index in [1.54, 1.807) is 18.2 Å². The summed E-state index contributed by atoms with van der Waals surface area (Å²) < 4.78 is 0. The average Bonchev–Trinajstić information content (AvgIpc) is 2.05. The fourth-order valence-electron chi connectivity index (χ4n) is 0.713. The zero-order chi connectivity index (χ0) is 7.40. The van der Waals surface area contributed by atoms with Crippen LogP contribution in [0.1, 0.15) is 11.7 Å². The zero-order valence-electron chi connectivity index (χ0n) is 5.49. The van der Waals surface area contributed by atoms with E-state index < -0.39 is 6.10 Å². The van der Waals surface area contributed by atoms with Crippen LogP contribution >= 0.6 is 0 Å². The Morgan fingerprint density at radius 3 is 2.80 bits per heavy atom. The maximum Gasteiger partial charge on any atom is 0.103 e. The molecule has 0 saturated carbocycles. The van der Waals surface area contributed by atoms with Crippen molar-refractivity contribution in [2.45, 2.75) is 6.10 Å². The van der Waals surface area contributed by atoms with Crippen molar-refractivity contribution < 1.29 is 10.2 Å². The highest BCUT2D eigenvalue weighted by Crippen LogP contribution is 2.08. The van der Waals surface area contributed by atoms with Gasteiger partial charge >= 0.3 is 0 Å². The van der Waals surface area contributed by atoms with Gasteiger partial charge in [-0.25, -0.2) is 0 Å². The minimum absolute atomic E-state index is 0.249. The molecule has 0 unspecified atom stereocenters. The number of aliphatic hydroxyl groups is 2. The van der Waals surface area contributed by atoms with E-state index in [2.05, 4.69) is 6.07 Å². The Morgan fingerprint density at radius 1 is 1.50 bits per heavy atom. The lowest BCUT2D eigenvalue weighted by Crippen LogP contribution is -2.01. The van der Waals surface area contributed by atoms with Crippen molar-refractivity contribution >= 4 is 0 Å². The summed E-state index contributed by atoms with van der Waals surface area (Å²) in [7, 11) is 0. The van der Waals surface area contributed by atoms with E-state index in [1.807, 2.05) is 6.07 Å². The first-order valence-electron chi connectivity index (χ1n) is 3.10. The van der Waals surface area contributed by atoms with Crippen molar-refractivity contribution in [3.05, 3.63) is 35.9 Å². The quantitative estimate of drug-likeness (QED) is 0.623. The molecule has 0 aromatic heterocycles. The molecule has 0 aliphatic carbocycles. The maximum atomic E-state index is 9.05. The molecule has 0 heterocycles. The van der Waals surface area contributed by atoms with Gasteiger partial charge in [0.05, 0.1) is 6.61 Å². The van der Waals surface area contributed by atoms with Gasteiger partial charge in [0, 0.05) is 0 Å². The molecule has 0 aliphatic heterocycles. The lowest BCUT2D eigenvalue weighted by Gasteiger charge is -2.04. The van der Waals surface area contributed by atoms with Crippen LogP contribution in [0.25, 0.3) is 0 Å². The molecule has 0 aliphatic rings. The molecule has 1 aromatic rings. The number of hydrogen-bond acceptors (Lipinski definition) is 2. The molecule has 2 N–H and O–H groups in total. The molecule has 0 spiro atoms. The molecule has 0 saturated heterocycles. The van der Waals surface area contributed by atoms with Crippen molar-refractivity contribution in [2.24, 2.45) is 0 Å². The van der Waals surface area contributed by atoms with Crippen LogP contribution in [0.4, 0.5) is 0 Å². The van der Waals surface area contributed by atoms with E-state index in [9.17, 15) is 0 Å². The van der Waals surface area contributed by atoms with Crippen molar-refractivity contribution in [3.8, 4) is 0 Å². The average molecular weight is 137 g/mol. The summed E-state index contributed by atoms with van der Waals surface area (Å²) in [5, 5.41) is 17.6. The minimum Gasteiger partial charge on any atom is -0.393 e. The predicted octanol–water partition coefficient (Wildman–Crippen LogP) is 0.512. The third kappa shape index (κ3) is 1.56. The second kappa shape index (κ2) is 3.34. The predicted molar refractivity (Wildman–Crippen MR) is 37.3 cm³/mol. The van der Waals surface area contributed by atoms with Crippen LogP contribution in [0.3, 0.4) is 0 Å². The van der Waals surface area contributed by atoms with E-state index in [0.717, 1.165) is 0 Å². The highest BCUT2D eigenvalue weighted by molar-refractivity contribution is 5.15. The molecule has 1 radical (unpaired) electrons. The Morgan fingerprint density at radius 2 is 2.30 bits per heavy atom. The second-order valence-corrected chi connectivity index (χ2v) is 2.02. The van der Waals surface area contributed by atoms with Gasteiger partial charge in [0.15, 0.2) is 0 Å². The SMILES string of the molecule is OC[C@@H](O)c1[c]cccc1. The molecule has 10 heavy (non-hydrogen) atoms. The third-order valence-electron chi connectivity index (χ3n) is 1.27. The first-order valence-corrected chi connectivity index (χ1v) is 3.10. The summed E-state index contributed by atoms with van der Waals surface area (Å²) in [6, 6.07) is 9.84. The Kier molecular flexibility index (Phi) is 2.42. The minimum atomic E-state index is -0.791. The number of aliphatic hydroxyl groups excluding tert-OH is 2. The van der Waals surface area contributed by atoms with Crippen LogP contribution < -0.4 is 0 Å². The lowest BCUT2D eigenvalue weighted by molar-refractivity contribution is 0.0954. The summed E-state index contributed by atoms with van der Waals surface area (Å²) >= 11 is 0. The van der Waals surface area contributed by atoms with E-state index in [-0.39, 0.29) is 6.61 Å². The Hall–Kier alpha value is -0.860. The standard InChI is InChI=1S/C8H9O2/c9-6-8(10)7-4-2-1-3-5-7/h1-4,8-10H,6H2/t8-/m1/s1. The highest BCUT2D eigenvalue weighted by Gasteiger charge is 2.02. The lowest BCUT2D eigenvalue weighted by atomic mass is 10.1. The number of benzene rings is 1. The first kappa shape index (κ1) is 7.25. The van der Waals surface area contributed by atoms with Crippen LogP contribution in [0, 0.1) is 6.07 Å². The van der Waals surface area contributed by atoms with E-state index in [4.69, 9.17) is 10.2 Å². The van der Waals surface area contributed by atoms with Gasteiger partial charge < -0.3 is 10.2 Å². The van der Waals surface area contributed by atoms with E-state index >= 15 is 0 Å². The van der Waals surface area contributed by atoms with Gasteiger partial charge in [0.1, 0.15) is 6.10 Å². The maximum absolute atomic E-state index is 9.05. The zero-order valence-corrected chi connectivity index (χ0v) is 5.49. The third-order valence-corrected chi connectivity index (χ3v) is 1.27. The molecular weight excluding hydrogens is 128 g/mol. The Bertz CT molecular complexity index is 184. The Labute approximate surface area is 59.7 Å². The van der Waals surface area contributed by atoms with Gasteiger partial charge in [-0.3, -0.25) is 0 Å². The highest BCUT2D eigenvalue weighted by atomic mass is 16.3. The summed E-state index contributed by atoms with van der Waals surface area (Å²) in [6.45, 7) is -0.249. The summed E-state index contributed by atoms with van der Waals surface area (Å²) in [6.07, 6.45) is -0.791. The van der Waals surface area contributed by atoms with E-state index in [0.29, 0.717) is 5.56 Å². The van der Waals surface area contributed by atoms with Gasteiger partial charge in [-0.2, -0.15) is 0 Å². The summed E-state index contributed by atoms with van der Waals surface area (Å²) in [4.78, 5) is 0. The summed E-state index contributed by atoms with van der Waals surface area (Å²) in [5.41, 5.74) is 0.630. The molecule has 0 bridgehead atoms. The normalized spacial score (nSPS) is 13.0. The fourth-order valence-corrected chi connectivity index (χ4v) is 0.713. The molecule has 0 fully saturated rings. The van der Waals surface area contributed by atoms with Gasteiger partial charge in [-0.15, -0.1) is 0 Å². The van der Waals surface area contributed by atoms with Gasteiger partial charge in [0.2, 0.25) is 0 Å². The largest absolute Gasteiger partial charge is 0.393 e. The van der Waals surface area contributed by atoms with Crippen molar-refractivity contribution in [1.82, 2.24) is 0 Å². The molecule has 1 aromatic carbocycles. The Balaban J connectivity index is 2.75. The smallest absolute Gasteiger partial charge is 0.103 e. The number of rotatable bonds is 2. The van der Waals surface area contributed by atoms with E-state index in [1.165, 1.54) is 0 Å². The summed E-state index contributed by atoms with van der Waals surface area (Å²) in [5.74, 6) is 0. The molecule has 0 amide bonds. The van der Waals surface area contributed by atoms with Gasteiger partial charge in [-0.05, 0) is 11.6 Å². The second-order valence-electron chi connectivity index (χ2n) is 2.02. The first-order chi connectivity index (χ1) is 4.84. The fraction of sp³-hybridized carbons (Fsp3) is 0.250. The molecule has 2 heteroatoms. The molecule has 1 atom stereocenters. The monoisotopic (exact) mass is 137 g/mol. The van der Waals surface area contributed by atoms with Crippen LogP contribution in [-0.2, 0) is 0 Å². The number of hydrogen-bond donors (Lipinski definition) is 2. The van der Waals surface area contributed by atoms with Gasteiger partial charge in [0.25, 0.3) is 0 Å². The van der Waals surface area contributed by atoms with Crippen molar-refractivity contribution in [1.29, 1.82) is 0 Å². The van der Waals surface area contributed by atoms with Crippen molar-refractivity contribution in [2.75, 3.05) is 6.61 Å². The van der Waals surface area contributed by atoms with Gasteiger partial charge in [-0.1, -0.05) is 24.3 Å². The van der Waals surface area contributed by atoms with Crippen LogP contribution in [0.15, 0.2) is 24.3 Å². The van der Waals surface area contributed by atoms with Crippen molar-refractivity contribution in [3.63, 3.8) is 0 Å². The molecule has 53 valence electrons. The van der Waals surface area contributed by atoms with Crippen LogP contribution in [-0.4, -0.2) is 16.8 Å². The topological polar surface area (TPSA) is 40.5 Å². The molecule has 1 rings (SSSR count). The molecule has 2 nitrogen and oxygen atoms in total.